The minimum Gasteiger partial charge on any atom is -0.479 e. The number of aliphatic carboxylic acids is 1. The van der Waals surface area contributed by atoms with Crippen molar-refractivity contribution in [3.63, 3.8) is 0 Å². The van der Waals surface area contributed by atoms with E-state index in [9.17, 15) is 9.59 Å². The van der Waals surface area contributed by atoms with E-state index >= 15 is 0 Å². The normalized spacial score (nSPS) is 20.3. The van der Waals surface area contributed by atoms with Crippen LogP contribution >= 0.6 is 11.3 Å². The predicted octanol–water partition coefficient (Wildman–Crippen LogP) is 1.34. The van der Waals surface area contributed by atoms with Gasteiger partial charge in [0.05, 0.1) is 18.6 Å². The zero-order valence-corrected chi connectivity index (χ0v) is 11.8. The van der Waals surface area contributed by atoms with Gasteiger partial charge in [-0.25, -0.2) is 4.79 Å². The summed E-state index contributed by atoms with van der Waals surface area (Å²) in [6, 6.07) is 3.84. The predicted molar refractivity (Wildman–Crippen MR) is 71.3 cm³/mol. The molecule has 2 heterocycles. The first-order valence-corrected chi connectivity index (χ1v) is 6.98. The van der Waals surface area contributed by atoms with Crippen LogP contribution in [0.3, 0.4) is 0 Å². The molecule has 0 aliphatic carbocycles. The average molecular weight is 283 g/mol. The molecule has 0 saturated carbocycles. The number of amides is 1. The van der Waals surface area contributed by atoms with Crippen LogP contribution in [0.2, 0.25) is 0 Å². The third kappa shape index (κ3) is 2.79. The number of carboxylic acids is 1. The van der Waals surface area contributed by atoms with Crippen molar-refractivity contribution in [3.05, 3.63) is 22.4 Å². The third-order valence-electron chi connectivity index (χ3n) is 3.30. The third-order valence-corrected chi connectivity index (χ3v) is 4.49. The van der Waals surface area contributed by atoms with Crippen molar-refractivity contribution in [2.24, 2.45) is 0 Å². The zero-order chi connectivity index (χ0) is 14.0. The highest BCUT2D eigenvalue weighted by atomic mass is 32.1. The molecule has 0 spiro atoms. The second-order valence-corrected chi connectivity index (χ2v) is 6.00. The molecule has 1 N–H and O–H groups in total. The quantitative estimate of drug-likeness (QED) is 0.909. The van der Waals surface area contributed by atoms with Crippen molar-refractivity contribution in [1.82, 2.24) is 4.90 Å². The maximum Gasteiger partial charge on any atom is 0.334 e. The van der Waals surface area contributed by atoms with E-state index in [4.69, 9.17) is 9.84 Å². The van der Waals surface area contributed by atoms with Gasteiger partial charge in [0.15, 0.2) is 6.10 Å². The molecule has 104 valence electrons. The number of thiophene rings is 1. The molecule has 1 unspecified atom stereocenters. The van der Waals surface area contributed by atoms with Crippen LogP contribution in [0, 0.1) is 0 Å². The fraction of sp³-hybridized carbons (Fsp3) is 0.538. The first-order valence-electron chi connectivity index (χ1n) is 6.10. The smallest absolute Gasteiger partial charge is 0.334 e. The maximum atomic E-state index is 12.6. The minimum absolute atomic E-state index is 0.0514. The Balaban J connectivity index is 2.13. The van der Waals surface area contributed by atoms with Gasteiger partial charge >= 0.3 is 5.97 Å². The molecule has 1 aliphatic heterocycles. The van der Waals surface area contributed by atoms with Gasteiger partial charge in [-0.15, -0.1) is 11.3 Å². The van der Waals surface area contributed by atoms with E-state index < -0.39 is 17.5 Å². The van der Waals surface area contributed by atoms with Crippen molar-refractivity contribution in [2.45, 2.75) is 25.4 Å². The van der Waals surface area contributed by atoms with Crippen LogP contribution in [-0.2, 0) is 19.7 Å². The maximum absolute atomic E-state index is 12.6. The van der Waals surface area contributed by atoms with Gasteiger partial charge in [0, 0.05) is 11.4 Å². The number of carboxylic acid groups (broad SMARTS) is 1. The Bertz CT molecular complexity index is 469. The highest BCUT2D eigenvalue weighted by Gasteiger charge is 2.38. The summed E-state index contributed by atoms with van der Waals surface area (Å²) in [7, 11) is 0. The van der Waals surface area contributed by atoms with Gasteiger partial charge in [-0.3, -0.25) is 4.79 Å². The van der Waals surface area contributed by atoms with Gasteiger partial charge in [0.25, 0.3) is 0 Å². The Morgan fingerprint density at radius 2 is 2.26 bits per heavy atom. The number of rotatable bonds is 3. The monoisotopic (exact) mass is 283 g/mol. The summed E-state index contributed by atoms with van der Waals surface area (Å²) in [5.41, 5.74) is -0.630. The molecular weight excluding hydrogens is 266 g/mol. The van der Waals surface area contributed by atoms with Crippen molar-refractivity contribution >= 4 is 23.2 Å². The van der Waals surface area contributed by atoms with Crippen molar-refractivity contribution < 1.29 is 19.4 Å². The molecule has 0 radical (unpaired) electrons. The summed E-state index contributed by atoms with van der Waals surface area (Å²) in [4.78, 5) is 26.1. The molecule has 1 aromatic heterocycles. The molecule has 1 fully saturated rings. The molecule has 19 heavy (non-hydrogen) atoms. The molecule has 0 bridgehead atoms. The molecule has 5 nitrogen and oxygen atoms in total. The second-order valence-electron chi connectivity index (χ2n) is 5.05. The fourth-order valence-corrected chi connectivity index (χ4v) is 2.96. The lowest BCUT2D eigenvalue weighted by Gasteiger charge is -2.36. The molecule has 1 aliphatic rings. The molecular formula is C13H17NO4S. The molecule has 0 aromatic carbocycles. The summed E-state index contributed by atoms with van der Waals surface area (Å²) < 4.78 is 5.13. The van der Waals surface area contributed by atoms with Gasteiger partial charge in [0.2, 0.25) is 5.91 Å². The topological polar surface area (TPSA) is 66.8 Å². The van der Waals surface area contributed by atoms with E-state index in [1.807, 2.05) is 31.4 Å². The Hall–Kier alpha value is -1.40. The molecule has 2 rings (SSSR count). The number of hydrogen-bond acceptors (Lipinski definition) is 4. The number of carbonyl (C=O) groups excluding carboxylic acids is 1. The van der Waals surface area contributed by atoms with Crippen LogP contribution in [0.1, 0.15) is 18.7 Å². The summed E-state index contributed by atoms with van der Waals surface area (Å²) in [6.07, 6.45) is -0.920. The first kappa shape index (κ1) is 14.0. The van der Waals surface area contributed by atoms with Crippen molar-refractivity contribution in [2.75, 3.05) is 19.7 Å². The largest absolute Gasteiger partial charge is 0.479 e. The SMILES string of the molecule is CC(C)(C(=O)N1CCOC(C(=O)O)C1)c1cccs1. The lowest BCUT2D eigenvalue weighted by atomic mass is 9.89. The minimum atomic E-state index is -1.02. The molecule has 1 aromatic rings. The van der Waals surface area contributed by atoms with E-state index in [0.717, 1.165) is 4.88 Å². The highest BCUT2D eigenvalue weighted by molar-refractivity contribution is 7.10. The Morgan fingerprint density at radius 3 is 2.84 bits per heavy atom. The summed E-state index contributed by atoms with van der Waals surface area (Å²) in [6.45, 7) is 4.56. The first-order chi connectivity index (χ1) is 8.93. The van der Waals surface area contributed by atoms with Gasteiger partial charge in [-0.05, 0) is 25.3 Å². The van der Waals surface area contributed by atoms with Gasteiger partial charge < -0.3 is 14.7 Å². The lowest BCUT2D eigenvalue weighted by molar-refractivity contribution is -0.160. The second kappa shape index (κ2) is 5.30. The van der Waals surface area contributed by atoms with E-state index in [2.05, 4.69) is 0 Å². The summed E-state index contributed by atoms with van der Waals surface area (Å²) in [5.74, 6) is -1.07. The van der Waals surface area contributed by atoms with Crippen LogP contribution in [0.5, 0.6) is 0 Å². The highest BCUT2D eigenvalue weighted by Crippen LogP contribution is 2.30. The summed E-state index contributed by atoms with van der Waals surface area (Å²) >= 11 is 1.53. The number of ether oxygens (including phenoxy) is 1. The molecule has 1 amide bonds. The Labute approximate surface area is 115 Å². The summed E-state index contributed by atoms with van der Waals surface area (Å²) in [5, 5.41) is 10.9. The number of hydrogen-bond donors (Lipinski definition) is 1. The fourth-order valence-electron chi connectivity index (χ4n) is 2.12. The average Bonchev–Trinajstić information content (AvgIpc) is 2.92. The van der Waals surface area contributed by atoms with Crippen molar-refractivity contribution in [1.29, 1.82) is 0 Å². The van der Waals surface area contributed by atoms with Gasteiger partial charge in [0.1, 0.15) is 0 Å². The van der Waals surface area contributed by atoms with Gasteiger partial charge in [-0.1, -0.05) is 6.07 Å². The number of morpholine rings is 1. The molecule has 1 atom stereocenters. The van der Waals surface area contributed by atoms with Crippen LogP contribution in [0.25, 0.3) is 0 Å². The Morgan fingerprint density at radius 1 is 1.53 bits per heavy atom. The molecule has 1 saturated heterocycles. The van der Waals surface area contributed by atoms with Crippen LogP contribution in [0.4, 0.5) is 0 Å². The van der Waals surface area contributed by atoms with E-state index in [0.29, 0.717) is 6.54 Å². The standard InChI is InChI=1S/C13H17NO4S/c1-13(2,10-4-3-7-19-10)12(17)14-5-6-18-9(8-14)11(15)16/h3-4,7,9H,5-6,8H2,1-2H3,(H,15,16). The van der Waals surface area contributed by atoms with Crippen LogP contribution in [-0.4, -0.2) is 47.7 Å². The lowest BCUT2D eigenvalue weighted by Crippen LogP contribution is -2.53. The zero-order valence-electron chi connectivity index (χ0n) is 11.0. The van der Waals surface area contributed by atoms with Gasteiger partial charge in [-0.2, -0.15) is 0 Å². The number of carbonyl (C=O) groups is 2. The number of nitrogens with zero attached hydrogens (tertiary/aromatic N) is 1. The van der Waals surface area contributed by atoms with Crippen molar-refractivity contribution in [3.8, 4) is 0 Å². The van der Waals surface area contributed by atoms with Crippen LogP contribution in [0.15, 0.2) is 17.5 Å². The molecule has 6 heteroatoms. The van der Waals surface area contributed by atoms with E-state index in [1.54, 1.807) is 4.90 Å². The van der Waals surface area contributed by atoms with E-state index in [1.165, 1.54) is 11.3 Å². The van der Waals surface area contributed by atoms with E-state index in [-0.39, 0.29) is 19.1 Å². The van der Waals surface area contributed by atoms with Crippen LogP contribution < -0.4 is 0 Å². The Kier molecular flexibility index (Phi) is 3.91.